The van der Waals surface area contributed by atoms with Crippen molar-refractivity contribution in [1.29, 1.82) is 0 Å². The van der Waals surface area contributed by atoms with Crippen LogP contribution in [0.15, 0.2) is 18.2 Å². The second-order valence-corrected chi connectivity index (χ2v) is 4.33. The van der Waals surface area contributed by atoms with Gasteiger partial charge in [0.15, 0.2) is 0 Å². The molecule has 0 fully saturated rings. The SMILES string of the molecule is Cc1nc(N)c(C)c(Oc2ccc(F)c(C(F)(F)F)c2)n1. The molecule has 0 spiro atoms. The summed E-state index contributed by atoms with van der Waals surface area (Å²) in [6, 6.07) is 2.34. The monoisotopic (exact) mass is 301 g/mol. The predicted octanol–water partition coefficient (Wildman–Crippen LogP) is 3.63. The first-order chi connectivity index (χ1) is 9.68. The van der Waals surface area contributed by atoms with Gasteiger partial charge in [-0.1, -0.05) is 0 Å². The van der Waals surface area contributed by atoms with Gasteiger partial charge in [-0.05, 0) is 32.0 Å². The number of halogens is 4. The lowest BCUT2D eigenvalue weighted by Gasteiger charge is -2.12. The number of ether oxygens (including phenoxy) is 1. The van der Waals surface area contributed by atoms with Crippen LogP contribution in [0, 0.1) is 19.7 Å². The third-order valence-electron chi connectivity index (χ3n) is 2.71. The molecule has 1 aromatic carbocycles. The van der Waals surface area contributed by atoms with E-state index in [4.69, 9.17) is 10.5 Å². The number of nitrogen functional groups attached to an aromatic ring is 1. The van der Waals surface area contributed by atoms with E-state index in [0.717, 1.165) is 6.07 Å². The summed E-state index contributed by atoms with van der Waals surface area (Å²) < 4.78 is 56.4. The third kappa shape index (κ3) is 3.21. The molecule has 1 heterocycles. The molecule has 0 bridgehead atoms. The van der Waals surface area contributed by atoms with Crippen molar-refractivity contribution in [3.63, 3.8) is 0 Å². The Kier molecular flexibility index (Phi) is 3.71. The maximum Gasteiger partial charge on any atom is 0.419 e. The highest BCUT2D eigenvalue weighted by Gasteiger charge is 2.34. The van der Waals surface area contributed by atoms with Crippen LogP contribution in [0.4, 0.5) is 23.4 Å². The number of rotatable bonds is 2. The van der Waals surface area contributed by atoms with Gasteiger partial charge in [-0.15, -0.1) is 0 Å². The van der Waals surface area contributed by atoms with Crippen molar-refractivity contribution in [1.82, 2.24) is 9.97 Å². The van der Waals surface area contributed by atoms with Crippen LogP contribution in [0.3, 0.4) is 0 Å². The topological polar surface area (TPSA) is 61.0 Å². The van der Waals surface area contributed by atoms with Gasteiger partial charge in [-0.2, -0.15) is 18.2 Å². The molecule has 0 unspecified atom stereocenters. The Morgan fingerprint density at radius 3 is 2.43 bits per heavy atom. The number of alkyl halides is 3. The minimum Gasteiger partial charge on any atom is -0.439 e. The molecule has 0 saturated carbocycles. The maximum atomic E-state index is 13.2. The third-order valence-corrected chi connectivity index (χ3v) is 2.71. The van der Waals surface area contributed by atoms with Gasteiger partial charge in [0.1, 0.15) is 23.2 Å². The van der Waals surface area contributed by atoms with Gasteiger partial charge < -0.3 is 10.5 Å². The smallest absolute Gasteiger partial charge is 0.419 e. The summed E-state index contributed by atoms with van der Waals surface area (Å²) in [5.41, 5.74) is 4.61. The molecule has 2 N–H and O–H groups in total. The molecule has 2 rings (SSSR count). The van der Waals surface area contributed by atoms with E-state index >= 15 is 0 Å². The van der Waals surface area contributed by atoms with Gasteiger partial charge in [-0.3, -0.25) is 0 Å². The lowest BCUT2D eigenvalue weighted by Crippen LogP contribution is -2.08. The lowest BCUT2D eigenvalue weighted by atomic mass is 10.2. The van der Waals surface area contributed by atoms with E-state index in [1.54, 1.807) is 13.8 Å². The van der Waals surface area contributed by atoms with E-state index in [1.807, 2.05) is 0 Å². The van der Waals surface area contributed by atoms with Crippen molar-refractivity contribution in [3.05, 3.63) is 41.0 Å². The van der Waals surface area contributed by atoms with Crippen molar-refractivity contribution in [2.24, 2.45) is 0 Å². The van der Waals surface area contributed by atoms with Crippen molar-refractivity contribution in [2.75, 3.05) is 5.73 Å². The standard InChI is InChI=1S/C13H11F4N3O/c1-6-11(18)19-7(2)20-12(6)21-8-3-4-10(14)9(5-8)13(15,16)17/h3-5H,1-2H3,(H2,18,19,20). The van der Waals surface area contributed by atoms with Crippen LogP contribution in [0.1, 0.15) is 17.0 Å². The zero-order chi connectivity index (χ0) is 15.8. The van der Waals surface area contributed by atoms with Gasteiger partial charge in [-0.25, -0.2) is 9.37 Å². The number of hydrogen-bond acceptors (Lipinski definition) is 4. The normalized spacial score (nSPS) is 11.5. The summed E-state index contributed by atoms with van der Waals surface area (Å²) >= 11 is 0. The molecule has 112 valence electrons. The number of benzene rings is 1. The van der Waals surface area contributed by atoms with Crippen molar-refractivity contribution in [3.8, 4) is 11.6 Å². The van der Waals surface area contributed by atoms with Gasteiger partial charge >= 0.3 is 6.18 Å². The Balaban J connectivity index is 2.41. The molecule has 1 aromatic heterocycles. The summed E-state index contributed by atoms with van der Waals surface area (Å²) in [5, 5.41) is 0. The molecule has 0 atom stereocenters. The summed E-state index contributed by atoms with van der Waals surface area (Å²) in [6.07, 6.45) is -4.81. The average molecular weight is 301 g/mol. The zero-order valence-corrected chi connectivity index (χ0v) is 11.1. The fourth-order valence-corrected chi connectivity index (χ4v) is 1.62. The van der Waals surface area contributed by atoms with Crippen LogP contribution in [-0.2, 0) is 6.18 Å². The molecule has 0 aliphatic carbocycles. The van der Waals surface area contributed by atoms with Crippen LogP contribution in [0.2, 0.25) is 0 Å². The number of hydrogen-bond donors (Lipinski definition) is 1. The van der Waals surface area contributed by atoms with Crippen LogP contribution < -0.4 is 10.5 Å². The van der Waals surface area contributed by atoms with Gasteiger partial charge in [0, 0.05) is 0 Å². The predicted molar refractivity (Wildman–Crippen MR) is 67.4 cm³/mol. The van der Waals surface area contributed by atoms with Crippen LogP contribution >= 0.6 is 0 Å². The minimum atomic E-state index is -4.81. The molecule has 21 heavy (non-hydrogen) atoms. The molecule has 0 amide bonds. The van der Waals surface area contributed by atoms with Gasteiger partial charge in [0.2, 0.25) is 5.88 Å². The first-order valence-corrected chi connectivity index (χ1v) is 5.84. The first kappa shape index (κ1) is 15.0. The average Bonchev–Trinajstić information content (AvgIpc) is 2.36. The van der Waals surface area contributed by atoms with E-state index in [2.05, 4.69) is 9.97 Å². The van der Waals surface area contributed by atoms with Gasteiger partial charge in [0.05, 0.1) is 11.1 Å². The largest absolute Gasteiger partial charge is 0.439 e. The minimum absolute atomic E-state index is 0.0275. The first-order valence-electron chi connectivity index (χ1n) is 5.84. The van der Waals surface area contributed by atoms with E-state index in [0.29, 0.717) is 23.5 Å². The Bertz CT molecular complexity index is 686. The molecule has 4 nitrogen and oxygen atoms in total. The fourth-order valence-electron chi connectivity index (χ4n) is 1.62. The van der Waals surface area contributed by atoms with E-state index in [9.17, 15) is 17.6 Å². The highest BCUT2D eigenvalue weighted by atomic mass is 19.4. The summed E-state index contributed by atoms with van der Waals surface area (Å²) in [7, 11) is 0. The second-order valence-electron chi connectivity index (χ2n) is 4.33. The molecular weight excluding hydrogens is 290 g/mol. The van der Waals surface area contributed by atoms with Gasteiger partial charge in [0.25, 0.3) is 0 Å². The summed E-state index contributed by atoms with van der Waals surface area (Å²) in [6.45, 7) is 3.13. The van der Waals surface area contributed by atoms with Crippen molar-refractivity contribution >= 4 is 5.82 Å². The van der Waals surface area contributed by atoms with E-state index in [1.165, 1.54) is 0 Å². The maximum absolute atomic E-state index is 13.2. The quantitative estimate of drug-likeness (QED) is 0.860. The number of nitrogens with two attached hydrogens (primary N) is 1. The number of anilines is 1. The van der Waals surface area contributed by atoms with Crippen LogP contribution in [-0.4, -0.2) is 9.97 Å². The lowest BCUT2D eigenvalue weighted by molar-refractivity contribution is -0.140. The Hall–Kier alpha value is -2.38. The second kappa shape index (κ2) is 5.19. The number of aromatic nitrogens is 2. The van der Waals surface area contributed by atoms with Crippen LogP contribution in [0.25, 0.3) is 0 Å². The highest BCUT2D eigenvalue weighted by Crippen LogP contribution is 2.35. The molecule has 8 heteroatoms. The highest BCUT2D eigenvalue weighted by molar-refractivity contribution is 5.46. The molecule has 0 aliphatic heterocycles. The number of nitrogens with zero attached hydrogens (tertiary/aromatic N) is 2. The molecule has 0 radical (unpaired) electrons. The Labute approximate surface area is 117 Å². The number of aryl methyl sites for hydroxylation is 1. The summed E-state index contributed by atoms with van der Waals surface area (Å²) in [5.74, 6) is -1.06. The van der Waals surface area contributed by atoms with E-state index < -0.39 is 17.6 Å². The Morgan fingerprint density at radius 2 is 1.81 bits per heavy atom. The molecule has 2 aromatic rings. The summed E-state index contributed by atoms with van der Waals surface area (Å²) in [4.78, 5) is 7.85. The van der Waals surface area contributed by atoms with E-state index in [-0.39, 0.29) is 17.4 Å². The Morgan fingerprint density at radius 1 is 1.14 bits per heavy atom. The molecular formula is C13H11F4N3O. The van der Waals surface area contributed by atoms with Crippen molar-refractivity contribution in [2.45, 2.75) is 20.0 Å². The fraction of sp³-hybridized carbons (Fsp3) is 0.231. The zero-order valence-electron chi connectivity index (χ0n) is 11.1. The van der Waals surface area contributed by atoms with Crippen molar-refractivity contribution < 1.29 is 22.3 Å². The molecule has 0 aliphatic rings. The van der Waals surface area contributed by atoms with Crippen LogP contribution in [0.5, 0.6) is 11.6 Å². The molecule has 0 saturated heterocycles.